The molecule has 1 unspecified atom stereocenters. The van der Waals surface area contributed by atoms with Gasteiger partial charge in [-0.3, -0.25) is 4.79 Å². The molecule has 0 aliphatic carbocycles. The summed E-state index contributed by atoms with van der Waals surface area (Å²) in [6.07, 6.45) is 0. The molecule has 0 fully saturated rings. The summed E-state index contributed by atoms with van der Waals surface area (Å²) in [6.45, 7) is 2.06. The van der Waals surface area contributed by atoms with Crippen LogP contribution in [-0.2, 0) is 9.53 Å². The largest absolute Gasteiger partial charge is 0.377 e. The zero-order chi connectivity index (χ0) is 10.6. The van der Waals surface area contributed by atoms with Crippen molar-refractivity contribution in [3.05, 3.63) is 35.4 Å². The minimum atomic E-state index is -0.574. The molecule has 1 aromatic carbocycles. The Hall–Kier alpha value is -1.19. The van der Waals surface area contributed by atoms with Crippen molar-refractivity contribution in [2.45, 2.75) is 13.0 Å². The predicted molar refractivity (Wildman–Crippen MR) is 55.0 cm³/mol. The van der Waals surface area contributed by atoms with Crippen LogP contribution in [0.1, 0.15) is 17.2 Å². The van der Waals surface area contributed by atoms with Crippen molar-refractivity contribution in [3.63, 3.8) is 0 Å². The van der Waals surface area contributed by atoms with Gasteiger partial charge in [0.2, 0.25) is 0 Å². The third-order valence-corrected chi connectivity index (χ3v) is 2.07. The molecule has 3 heteroatoms. The number of ketones is 1. The molecular formula is C11H15NO2. The molecule has 0 aliphatic rings. The van der Waals surface area contributed by atoms with E-state index in [2.05, 4.69) is 0 Å². The lowest BCUT2D eigenvalue weighted by molar-refractivity contribution is -0.124. The first-order valence-corrected chi connectivity index (χ1v) is 4.49. The third kappa shape index (κ3) is 2.65. The maximum atomic E-state index is 11.4. The Balaban J connectivity index is 2.73. The predicted octanol–water partition coefficient (Wildman–Crippen LogP) is 1.21. The molecule has 0 heterocycles. The van der Waals surface area contributed by atoms with E-state index in [0.717, 1.165) is 11.1 Å². The minimum absolute atomic E-state index is 0.0645. The molecule has 0 spiro atoms. The molecular weight excluding hydrogens is 178 g/mol. The highest BCUT2D eigenvalue weighted by Gasteiger charge is 2.14. The number of ether oxygens (including phenoxy) is 1. The van der Waals surface area contributed by atoms with Gasteiger partial charge in [0.25, 0.3) is 0 Å². The number of carbonyl (C=O) groups is 1. The second-order valence-corrected chi connectivity index (χ2v) is 3.29. The molecule has 76 valence electrons. The third-order valence-electron chi connectivity index (χ3n) is 2.07. The van der Waals surface area contributed by atoms with Gasteiger partial charge in [-0.15, -0.1) is 0 Å². The monoisotopic (exact) mass is 193 g/mol. The van der Waals surface area contributed by atoms with Crippen molar-refractivity contribution < 1.29 is 9.53 Å². The lowest BCUT2D eigenvalue weighted by atomic mass is 10.0. The van der Waals surface area contributed by atoms with Crippen molar-refractivity contribution in [1.29, 1.82) is 0 Å². The van der Waals surface area contributed by atoms with E-state index < -0.39 is 6.04 Å². The van der Waals surface area contributed by atoms with Gasteiger partial charge in [0.1, 0.15) is 6.61 Å². The fourth-order valence-electron chi connectivity index (χ4n) is 1.19. The van der Waals surface area contributed by atoms with Gasteiger partial charge >= 0.3 is 0 Å². The van der Waals surface area contributed by atoms with Gasteiger partial charge in [-0.05, 0) is 12.5 Å². The van der Waals surface area contributed by atoms with Gasteiger partial charge in [0.05, 0.1) is 6.04 Å². The number of hydrogen-bond acceptors (Lipinski definition) is 3. The molecule has 0 aromatic heterocycles. The number of rotatable bonds is 4. The number of aryl methyl sites for hydroxylation is 1. The number of nitrogens with two attached hydrogens (primary N) is 1. The molecule has 0 saturated carbocycles. The molecule has 1 aromatic rings. The summed E-state index contributed by atoms with van der Waals surface area (Å²) in [4.78, 5) is 11.4. The average Bonchev–Trinajstić information content (AvgIpc) is 2.18. The highest BCUT2D eigenvalue weighted by molar-refractivity contribution is 5.86. The number of hydrogen-bond donors (Lipinski definition) is 1. The van der Waals surface area contributed by atoms with Crippen LogP contribution in [0.3, 0.4) is 0 Å². The fourth-order valence-corrected chi connectivity index (χ4v) is 1.19. The molecule has 0 bridgehead atoms. The molecule has 0 aliphatic heterocycles. The first-order valence-electron chi connectivity index (χ1n) is 4.49. The second-order valence-electron chi connectivity index (χ2n) is 3.29. The standard InChI is InChI=1S/C11H15NO2/c1-8-3-5-9(6-4-8)11(12)10(13)7-14-2/h3-6,11H,7,12H2,1-2H3. The van der Waals surface area contributed by atoms with E-state index in [1.165, 1.54) is 7.11 Å². The van der Waals surface area contributed by atoms with Crippen molar-refractivity contribution in [1.82, 2.24) is 0 Å². The minimum Gasteiger partial charge on any atom is -0.377 e. The Morgan fingerprint density at radius 3 is 2.50 bits per heavy atom. The maximum Gasteiger partial charge on any atom is 0.179 e. The molecule has 0 radical (unpaired) electrons. The van der Waals surface area contributed by atoms with E-state index >= 15 is 0 Å². The van der Waals surface area contributed by atoms with Crippen LogP contribution in [0.4, 0.5) is 0 Å². The zero-order valence-electron chi connectivity index (χ0n) is 8.49. The Labute approximate surface area is 83.9 Å². The molecule has 1 atom stereocenters. The molecule has 1 rings (SSSR count). The van der Waals surface area contributed by atoms with Crippen LogP contribution in [0, 0.1) is 6.92 Å². The van der Waals surface area contributed by atoms with E-state index in [-0.39, 0.29) is 12.4 Å². The van der Waals surface area contributed by atoms with E-state index in [9.17, 15) is 4.79 Å². The summed E-state index contributed by atoms with van der Waals surface area (Å²) in [5.74, 6) is -0.101. The zero-order valence-corrected chi connectivity index (χ0v) is 8.49. The number of benzene rings is 1. The van der Waals surface area contributed by atoms with E-state index in [1.54, 1.807) is 0 Å². The lowest BCUT2D eigenvalue weighted by Gasteiger charge is -2.10. The first-order chi connectivity index (χ1) is 6.65. The summed E-state index contributed by atoms with van der Waals surface area (Å²) < 4.78 is 4.74. The summed E-state index contributed by atoms with van der Waals surface area (Å²) >= 11 is 0. The van der Waals surface area contributed by atoms with Crippen LogP contribution in [0.25, 0.3) is 0 Å². The quantitative estimate of drug-likeness (QED) is 0.782. The Morgan fingerprint density at radius 2 is 2.00 bits per heavy atom. The van der Waals surface area contributed by atoms with Crippen LogP contribution in [0.15, 0.2) is 24.3 Å². The van der Waals surface area contributed by atoms with E-state index in [0.29, 0.717) is 0 Å². The van der Waals surface area contributed by atoms with Crippen LogP contribution in [0.5, 0.6) is 0 Å². The van der Waals surface area contributed by atoms with Crippen LogP contribution >= 0.6 is 0 Å². The number of Topliss-reactive ketones (excluding diaryl/α,β-unsaturated/α-hetero) is 1. The second kappa shape index (κ2) is 4.88. The van der Waals surface area contributed by atoms with Crippen LogP contribution in [0.2, 0.25) is 0 Å². The van der Waals surface area contributed by atoms with Gasteiger partial charge in [-0.1, -0.05) is 29.8 Å². The highest BCUT2D eigenvalue weighted by Crippen LogP contribution is 2.12. The van der Waals surface area contributed by atoms with Gasteiger partial charge in [-0.25, -0.2) is 0 Å². The van der Waals surface area contributed by atoms with Gasteiger partial charge in [0, 0.05) is 7.11 Å². The van der Waals surface area contributed by atoms with E-state index in [1.807, 2.05) is 31.2 Å². The Morgan fingerprint density at radius 1 is 1.43 bits per heavy atom. The van der Waals surface area contributed by atoms with Gasteiger partial charge in [0.15, 0.2) is 5.78 Å². The number of carbonyl (C=O) groups excluding carboxylic acids is 1. The molecule has 0 saturated heterocycles. The van der Waals surface area contributed by atoms with Crippen LogP contribution < -0.4 is 5.73 Å². The highest BCUT2D eigenvalue weighted by atomic mass is 16.5. The molecule has 0 amide bonds. The Kier molecular flexibility index (Phi) is 3.80. The smallest absolute Gasteiger partial charge is 0.179 e. The molecule has 2 N–H and O–H groups in total. The first kappa shape index (κ1) is 10.9. The summed E-state index contributed by atoms with van der Waals surface area (Å²) in [5.41, 5.74) is 7.73. The van der Waals surface area contributed by atoms with Crippen molar-refractivity contribution in [2.75, 3.05) is 13.7 Å². The fraction of sp³-hybridized carbons (Fsp3) is 0.364. The lowest BCUT2D eigenvalue weighted by Crippen LogP contribution is -2.24. The van der Waals surface area contributed by atoms with Crippen molar-refractivity contribution in [2.24, 2.45) is 5.73 Å². The number of methoxy groups -OCH3 is 1. The van der Waals surface area contributed by atoms with Gasteiger partial charge in [-0.2, -0.15) is 0 Å². The van der Waals surface area contributed by atoms with E-state index in [4.69, 9.17) is 10.5 Å². The van der Waals surface area contributed by atoms with Crippen LogP contribution in [-0.4, -0.2) is 19.5 Å². The summed E-state index contributed by atoms with van der Waals surface area (Å²) in [7, 11) is 1.49. The normalized spacial score (nSPS) is 12.5. The average molecular weight is 193 g/mol. The summed E-state index contributed by atoms with van der Waals surface area (Å²) in [5, 5.41) is 0. The van der Waals surface area contributed by atoms with Crippen molar-refractivity contribution in [3.8, 4) is 0 Å². The molecule has 14 heavy (non-hydrogen) atoms. The van der Waals surface area contributed by atoms with Gasteiger partial charge < -0.3 is 10.5 Å². The van der Waals surface area contributed by atoms with Crippen molar-refractivity contribution >= 4 is 5.78 Å². The molecule has 3 nitrogen and oxygen atoms in total. The topological polar surface area (TPSA) is 52.3 Å². The maximum absolute atomic E-state index is 11.4. The SMILES string of the molecule is COCC(=O)C(N)c1ccc(C)cc1. The summed E-state index contributed by atoms with van der Waals surface area (Å²) in [6, 6.07) is 7.04. The Bertz CT molecular complexity index is 306.